The van der Waals surface area contributed by atoms with Crippen molar-refractivity contribution in [3.63, 3.8) is 0 Å². The van der Waals surface area contributed by atoms with Crippen molar-refractivity contribution < 1.29 is 14.3 Å². The van der Waals surface area contributed by atoms with E-state index >= 15 is 0 Å². The van der Waals surface area contributed by atoms with E-state index in [4.69, 9.17) is 4.74 Å². The minimum absolute atomic E-state index is 0.0000525. The number of nitrogens with zero attached hydrogens (tertiary/aromatic N) is 1. The number of nitrogens with one attached hydrogen (secondary N) is 1. The van der Waals surface area contributed by atoms with Crippen LogP contribution in [0.5, 0.6) is 0 Å². The van der Waals surface area contributed by atoms with E-state index in [0.717, 1.165) is 19.3 Å². The Morgan fingerprint density at radius 3 is 3.05 bits per heavy atom. The second-order valence-electron chi connectivity index (χ2n) is 4.23. The van der Waals surface area contributed by atoms with Crippen LogP contribution in [-0.2, 0) is 9.53 Å². The third-order valence-corrected chi connectivity index (χ3v) is 3.62. The topological polar surface area (TPSA) is 68.3 Å². The summed E-state index contributed by atoms with van der Waals surface area (Å²) in [6.45, 7) is 2.05. The van der Waals surface area contributed by atoms with Crippen molar-refractivity contribution in [2.24, 2.45) is 5.92 Å². The Labute approximate surface area is 115 Å². The van der Waals surface area contributed by atoms with E-state index in [1.54, 1.807) is 12.3 Å². The number of allylic oxidation sites excluding steroid dienone is 2. The lowest BCUT2D eigenvalue weighted by molar-refractivity contribution is -0.120. The minimum atomic E-state index is -0.458. The summed E-state index contributed by atoms with van der Waals surface area (Å²) in [4.78, 5) is 27.5. The van der Waals surface area contributed by atoms with Crippen LogP contribution in [0, 0.1) is 5.92 Å². The first-order valence-corrected chi connectivity index (χ1v) is 7.17. The van der Waals surface area contributed by atoms with Gasteiger partial charge in [0.1, 0.15) is 0 Å². The van der Waals surface area contributed by atoms with E-state index in [0.29, 0.717) is 11.7 Å². The standard InChI is InChI=1S/C13H16N2O3S/c1-2-18-12(17)10-8-19-13(14-10)15-11(16)9-6-4-3-5-7-9/h3-4,8-9H,2,5-7H2,1H3,(H,14,15,16)/t9-/m1/s1. The Morgan fingerprint density at radius 2 is 2.37 bits per heavy atom. The summed E-state index contributed by atoms with van der Waals surface area (Å²) >= 11 is 1.23. The van der Waals surface area contributed by atoms with Crippen molar-refractivity contribution >= 4 is 28.3 Å². The summed E-state index contributed by atoms with van der Waals surface area (Å²) in [6, 6.07) is 0. The van der Waals surface area contributed by atoms with Crippen molar-refractivity contribution in [2.45, 2.75) is 26.2 Å². The normalized spacial score (nSPS) is 18.1. The van der Waals surface area contributed by atoms with Crippen LogP contribution in [0.3, 0.4) is 0 Å². The van der Waals surface area contributed by atoms with Gasteiger partial charge >= 0.3 is 5.97 Å². The zero-order chi connectivity index (χ0) is 13.7. The number of rotatable bonds is 4. The molecule has 1 aromatic rings. The minimum Gasteiger partial charge on any atom is -0.461 e. The van der Waals surface area contributed by atoms with Gasteiger partial charge in [-0.3, -0.25) is 4.79 Å². The van der Waals surface area contributed by atoms with Gasteiger partial charge in [-0.2, -0.15) is 0 Å². The van der Waals surface area contributed by atoms with Gasteiger partial charge in [0.05, 0.1) is 6.61 Å². The summed E-state index contributed by atoms with van der Waals surface area (Å²) in [5.74, 6) is -0.492. The van der Waals surface area contributed by atoms with Crippen LogP contribution in [0.1, 0.15) is 36.7 Å². The largest absolute Gasteiger partial charge is 0.461 e. The van der Waals surface area contributed by atoms with Crippen LogP contribution < -0.4 is 5.32 Å². The maximum Gasteiger partial charge on any atom is 0.357 e. The van der Waals surface area contributed by atoms with Crippen LogP contribution in [-0.4, -0.2) is 23.5 Å². The van der Waals surface area contributed by atoms with Crippen LogP contribution >= 0.6 is 11.3 Å². The van der Waals surface area contributed by atoms with E-state index in [-0.39, 0.29) is 17.5 Å². The number of hydrogen-bond donors (Lipinski definition) is 1. The number of esters is 1. The number of thiazole rings is 1. The van der Waals surface area contributed by atoms with Crippen molar-refractivity contribution in [1.82, 2.24) is 4.98 Å². The molecule has 0 aliphatic heterocycles. The Bertz CT molecular complexity index is 496. The third kappa shape index (κ3) is 3.64. The Balaban J connectivity index is 1.94. The van der Waals surface area contributed by atoms with E-state index in [1.165, 1.54) is 11.3 Å². The molecule has 1 aromatic heterocycles. The Kier molecular flexibility index (Phi) is 4.68. The fourth-order valence-corrected chi connectivity index (χ4v) is 2.55. The van der Waals surface area contributed by atoms with E-state index in [1.807, 2.05) is 6.08 Å². The molecule has 0 saturated heterocycles. The average Bonchev–Trinajstić information content (AvgIpc) is 2.88. The fraction of sp³-hybridized carbons (Fsp3) is 0.462. The van der Waals surface area contributed by atoms with Crippen molar-refractivity contribution in [3.8, 4) is 0 Å². The van der Waals surface area contributed by atoms with Crippen molar-refractivity contribution in [1.29, 1.82) is 0 Å². The van der Waals surface area contributed by atoms with Gasteiger partial charge < -0.3 is 10.1 Å². The van der Waals surface area contributed by atoms with Gasteiger partial charge in [-0.05, 0) is 26.2 Å². The molecule has 19 heavy (non-hydrogen) atoms. The molecule has 1 aliphatic rings. The lowest BCUT2D eigenvalue weighted by Gasteiger charge is -2.15. The summed E-state index contributed by atoms with van der Waals surface area (Å²) < 4.78 is 4.85. The maximum atomic E-state index is 12.0. The van der Waals surface area contributed by atoms with Crippen molar-refractivity contribution in [3.05, 3.63) is 23.2 Å². The summed E-state index contributed by atoms with van der Waals surface area (Å²) in [5.41, 5.74) is 0.241. The smallest absolute Gasteiger partial charge is 0.357 e. The zero-order valence-corrected chi connectivity index (χ0v) is 11.5. The molecule has 6 heteroatoms. The molecule has 0 radical (unpaired) electrons. The van der Waals surface area contributed by atoms with Crippen LogP contribution in [0.15, 0.2) is 17.5 Å². The first kappa shape index (κ1) is 13.7. The molecule has 102 valence electrons. The number of carbonyl (C=O) groups is 2. The molecule has 1 heterocycles. The molecule has 0 spiro atoms. The maximum absolute atomic E-state index is 12.0. The van der Waals surface area contributed by atoms with Gasteiger partial charge in [-0.1, -0.05) is 12.2 Å². The van der Waals surface area contributed by atoms with Gasteiger partial charge in [0.15, 0.2) is 10.8 Å². The number of hydrogen-bond acceptors (Lipinski definition) is 5. The highest BCUT2D eigenvalue weighted by atomic mass is 32.1. The summed E-state index contributed by atoms with van der Waals surface area (Å²) in [5, 5.41) is 4.79. The molecule has 2 rings (SSSR count). The highest BCUT2D eigenvalue weighted by Crippen LogP contribution is 2.22. The number of carbonyl (C=O) groups excluding carboxylic acids is 2. The second-order valence-corrected chi connectivity index (χ2v) is 5.09. The second kappa shape index (κ2) is 6.47. The molecule has 0 bridgehead atoms. The molecule has 1 amide bonds. The van der Waals surface area contributed by atoms with Crippen LogP contribution in [0.25, 0.3) is 0 Å². The molecular formula is C13H16N2O3S. The molecule has 1 N–H and O–H groups in total. The van der Waals surface area contributed by atoms with Crippen molar-refractivity contribution in [2.75, 3.05) is 11.9 Å². The van der Waals surface area contributed by atoms with Gasteiger partial charge in [0, 0.05) is 11.3 Å². The van der Waals surface area contributed by atoms with Crippen LogP contribution in [0.4, 0.5) is 5.13 Å². The first-order valence-electron chi connectivity index (χ1n) is 6.29. The van der Waals surface area contributed by atoms with Gasteiger partial charge in [0.2, 0.25) is 5.91 Å². The average molecular weight is 280 g/mol. The number of anilines is 1. The van der Waals surface area contributed by atoms with Gasteiger partial charge in [-0.15, -0.1) is 11.3 Å². The SMILES string of the molecule is CCOC(=O)c1csc(NC(=O)[C@@H]2CC=CCC2)n1. The van der Waals surface area contributed by atoms with E-state index in [2.05, 4.69) is 16.4 Å². The molecule has 0 unspecified atom stereocenters. The van der Waals surface area contributed by atoms with E-state index < -0.39 is 5.97 Å². The quantitative estimate of drug-likeness (QED) is 0.680. The lowest BCUT2D eigenvalue weighted by atomic mass is 9.94. The van der Waals surface area contributed by atoms with Gasteiger partial charge in [0.25, 0.3) is 0 Å². The molecular weight excluding hydrogens is 264 g/mol. The third-order valence-electron chi connectivity index (χ3n) is 2.86. The molecule has 0 saturated carbocycles. The van der Waals surface area contributed by atoms with Gasteiger partial charge in [-0.25, -0.2) is 9.78 Å². The fourth-order valence-electron chi connectivity index (χ4n) is 1.87. The molecule has 1 atom stereocenters. The molecule has 0 fully saturated rings. The zero-order valence-electron chi connectivity index (χ0n) is 10.7. The highest BCUT2D eigenvalue weighted by molar-refractivity contribution is 7.14. The number of amides is 1. The summed E-state index contributed by atoms with van der Waals surface area (Å²) in [7, 11) is 0. The van der Waals surface area contributed by atoms with E-state index in [9.17, 15) is 9.59 Å². The number of aromatic nitrogens is 1. The predicted molar refractivity (Wildman–Crippen MR) is 73.2 cm³/mol. The summed E-state index contributed by atoms with van der Waals surface area (Å²) in [6.07, 6.45) is 6.68. The first-order chi connectivity index (χ1) is 9.20. The highest BCUT2D eigenvalue weighted by Gasteiger charge is 2.20. The predicted octanol–water partition coefficient (Wildman–Crippen LogP) is 2.61. The monoisotopic (exact) mass is 280 g/mol. The molecule has 1 aliphatic carbocycles. The number of ether oxygens (including phenoxy) is 1. The Hall–Kier alpha value is -1.69. The molecule has 0 aromatic carbocycles. The molecule has 5 nitrogen and oxygen atoms in total. The lowest BCUT2D eigenvalue weighted by Crippen LogP contribution is -2.23. The Morgan fingerprint density at radius 1 is 1.53 bits per heavy atom. The van der Waals surface area contributed by atoms with Crippen LogP contribution in [0.2, 0.25) is 0 Å².